The third-order valence-corrected chi connectivity index (χ3v) is 3.00. The minimum absolute atomic E-state index is 0.142. The van der Waals surface area contributed by atoms with Gasteiger partial charge in [0.15, 0.2) is 0 Å². The summed E-state index contributed by atoms with van der Waals surface area (Å²) in [5, 5.41) is 3.94. The molecule has 1 aromatic carbocycles. The van der Waals surface area contributed by atoms with Crippen LogP contribution in [0.2, 0.25) is 0 Å². The highest BCUT2D eigenvalue weighted by molar-refractivity contribution is 9.10. The molecular weight excluding hydrogens is 282 g/mol. The second-order valence-electron chi connectivity index (χ2n) is 3.82. The minimum atomic E-state index is 0.142. The topological polar surface area (TPSA) is 47.8 Å². The lowest BCUT2D eigenvalue weighted by molar-refractivity contribution is -0.117. The molecular formula is C12H12BrN3O. The molecule has 0 aliphatic rings. The van der Waals surface area contributed by atoms with Gasteiger partial charge in [-0.05, 0) is 17.7 Å². The van der Waals surface area contributed by atoms with Crippen molar-refractivity contribution in [2.75, 3.05) is 0 Å². The second-order valence-corrected chi connectivity index (χ2v) is 4.73. The number of benzene rings is 1. The van der Waals surface area contributed by atoms with E-state index in [9.17, 15) is 4.79 Å². The van der Waals surface area contributed by atoms with Gasteiger partial charge in [-0.15, -0.1) is 0 Å². The molecule has 0 aliphatic heterocycles. The summed E-state index contributed by atoms with van der Waals surface area (Å²) in [6, 6.07) is 7.76. The highest BCUT2D eigenvalue weighted by atomic mass is 79.9. The van der Waals surface area contributed by atoms with E-state index in [0.29, 0.717) is 18.7 Å². The summed E-state index contributed by atoms with van der Waals surface area (Å²) in [6.07, 6.45) is 2.22. The highest BCUT2D eigenvalue weighted by Crippen LogP contribution is 2.11. The Kier molecular flexibility index (Phi) is 3.68. The van der Waals surface area contributed by atoms with Crippen LogP contribution in [0.1, 0.15) is 11.4 Å². The van der Waals surface area contributed by atoms with Gasteiger partial charge in [0.25, 0.3) is 0 Å². The highest BCUT2D eigenvalue weighted by Gasteiger charge is 2.09. The maximum atomic E-state index is 11.8. The first-order valence-corrected chi connectivity index (χ1v) is 6.03. The lowest BCUT2D eigenvalue weighted by Crippen LogP contribution is -2.11. The summed E-state index contributed by atoms with van der Waals surface area (Å²) in [4.78, 5) is 15.9. The van der Waals surface area contributed by atoms with Gasteiger partial charge in [-0.2, -0.15) is 5.10 Å². The molecule has 1 heterocycles. The van der Waals surface area contributed by atoms with Crippen LogP contribution in [-0.4, -0.2) is 20.5 Å². The monoisotopic (exact) mass is 293 g/mol. The number of halogens is 1. The molecule has 88 valence electrons. The van der Waals surface area contributed by atoms with Crippen LogP contribution < -0.4 is 0 Å². The zero-order valence-electron chi connectivity index (χ0n) is 9.43. The van der Waals surface area contributed by atoms with Crippen LogP contribution in [0.3, 0.4) is 0 Å². The number of aromatic nitrogens is 3. The molecule has 0 atom stereocenters. The number of aryl methyl sites for hydroxylation is 1. The summed E-state index contributed by atoms with van der Waals surface area (Å²) in [5.41, 5.74) is 1.01. The minimum Gasteiger partial charge on any atom is -0.299 e. The van der Waals surface area contributed by atoms with Crippen LogP contribution in [0.4, 0.5) is 0 Å². The van der Waals surface area contributed by atoms with Gasteiger partial charge in [0.2, 0.25) is 0 Å². The van der Waals surface area contributed by atoms with Crippen molar-refractivity contribution in [3.05, 3.63) is 46.5 Å². The van der Waals surface area contributed by atoms with Gasteiger partial charge >= 0.3 is 0 Å². The summed E-state index contributed by atoms with van der Waals surface area (Å²) in [6.45, 7) is 0. The van der Waals surface area contributed by atoms with E-state index in [1.807, 2.05) is 24.3 Å². The zero-order chi connectivity index (χ0) is 12.3. The average molecular weight is 294 g/mol. The number of Topliss-reactive ketones (excluding diaryl/α,β-unsaturated/α-hetero) is 1. The van der Waals surface area contributed by atoms with Crippen molar-refractivity contribution in [3.63, 3.8) is 0 Å². The van der Waals surface area contributed by atoms with Gasteiger partial charge in [-0.25, -0.2) is 4.98 Å². The molecule has 0 unspecified atom stereocenters. The SMILES string of the molecule is Cn1ncnc1CC(=O)Cc1ccc(Br)cc1. The van der Waals surface area contributed by atoms with Gasteiger partial charge in [-0.1, -0.05) is 28.1 Å². The average Bonchev–Trinajstić information content (AvgIpc) is 2.68. The Morgan fingerprint density at radius 3 is 2.59 bits per heavy atom. The van der Waals surface area contributed by atoms with E-state index in [2.05, 4.69) is 26.0 Å². The molecule has 0 amide bonds. The molecule has 0 N–H and O–H groups in total. The third kappa shape index (κ3) is 3.23. The summed E-state index contributed by atoms with van der Waals surface area (Å²) >= 11 is 3.36. The van der Waals surface area contributed by atoms with Gasteiger partial charge < -0.3 is 0 Å². The lowest BCUT2D eigenvalue weighted by Gasteiger charge is -2.01. The van der Waals surface area contributed by atoms with Crippen LogP contribution >= 0.6 is 15.9 Å². The Bertz CT molecular complexity index is 519. The van der Waals surface area contributed by atoms with Gasteiger partial charge in [0, 0.05) is 17.9 Å². The van der Waals surface area contributed by atoms with Crippen molar-refractivity contribution in [3.8, 4) is 0 Å². The number of hydrogen-bond donors (Lipinski definition) is 0. The number of carbonyl (C=O) groups excluding carboxylic acids is 1. The molecule has 2 aromatic rings. The first-order chi connectivity index (χ1) is 8.15. The van der Waals surface area contributed by atoms with Crippen molar-refractivity contribution in [2.24, 2.45) is 7.05 Å². The number of ketones is 1. The van der Waals surface area contributed by atoms with Crippen molar-refractivity contribution in [2.45, 2.75) is 12.8 Å². The maximum absolute atomic E-state index is 11.8. The molecule has 0 spiro atoms. The van der Waals surface area contributed by atoms with Gasteiger partial charge in [0.1, 0.15) is 17.9 Å². The van der Waals surface area contributed by atoms with Crippen molar-refractivity contribution in [1.82, 2.24) is 14.8 Å². The molecule has 0 saturated carbocycles. The first-order valence-electron chi connectivity index (χ1n) is 5.24. The van der Waals surface area contributed by atoms with Gasteiger partial charge in [-0.3, -0.25) is 9.48 Å². The molecule has 1 aromatic heterocycles. The summed E-state index contributed by atoms with van der Waals surface area (Å²) < 4.78 is 2.64. The molecule has 0 radical (unpaired) electrons. The Labute approximate surface area is 108 Å². The van der Waals surface area contributed by atoms with Crippen LogP contribution in [0.5, 0.6) is 0 Å². The Balaban J connectivity index is 1.98. The van der Waals surface area contributed by atoms with Crippen molar-refractivity contribution >= 4 is 21.7 Å². The van der Waals surface area contributed by atoms with E-state index in [0.717, 1.165) is 10.0 Å². The third-order valence-electron chi connectivity index (χ3n) is 2.47. The van der Waals surface area contributed by atoms with Gasteiger partial charge in [0.05, 0.1) is 6.42 Å². The number of nitrogens with zero attached hydrogens (tertiary/aromatic N) is 3. The summed E-state index contributed by atoms with van der Waals surface area (Å²) in [5.74, 6) is 0.843. The number of hydrogen-bond acceptors (Lipinski definition) is 3. The molecule has 0 fully saturated rings. The molecule has 2 rings (SSSR count). The van der Waals surface area contributed by atoms with E-state index >= 15 is 0 Å². The second kappa shape index (κ2) is 5.23. The number of carbonyl (C=O) groups is 1. The maximum Gasteiger partial charge on any atom is 0.144 e. The van der Waals surface area contributed by atoms with Crippen molar-refractivity contribution < 1.29 is 4.79 Å². The zero-order valence-corrected chi connectivity index (χ0v) is 11.0. The van der Waals surface area contributed by atoms with E-state index in [-0.39, 0.29) is 5.78 Å². The quantitative estimate of drug-likeness (QED) is 0.865. The molecule has 5 heteroatoms. The molecule has 17 heavy (non-hydrogen) atoms. The van der Waals surface area contributed by atoms with Crippen LogP contribution in [-0.2, 0) is 24.7 Å². The fourth-order valence-electron chi connectivity index (χ4n) is 1.55. The molecule has 4 nitrogen and oxygen atoms in total. The van der Waals surface area contributed by atoms with Crippen molar-refractivity contribution in [1.29, 1.82) is 0 Å². The van der Waals surface area contributed by atoms with Crippen LogP contribution in [0.25, 0.3) is 0 Å². The predicted molar refractivity (Wildman–Crippen MR) is 67.6 cm³/mol. The predicted octanol–water partition coefficient (Wildman–Crippen LogP) is 1.93. The van der Waals surface area contributed by atoms with E-state index in [1.54, 1.807) is 11.7 Å². The van der Waals surface area contributed by atoms with E-state index in [1.165, 1.54) is 6.33 Å². The Hall–Kier alpha value is -1.49. The Morgan fingerprint density at radius 2 is 2.00 bits per heavy atom. The Morgan fingerprint density at radius 1 is 1.29 bits per heavy atom. The van der Waals surface area contributed by atoms with E-state index in [4.69, 9.17) is 0 Å². The standard InChI is InChI=1S/C12H12BrN3O/c1-16-12(14-8-15-16)7-11(17)6-9-2-4-10(13)5-3-9/h2-5,8H,6-7H2,1H3. The van der Waals surface area contributed by atoms with Crippen LogP contribution in [0.15, 0.2) is 35.1 Å². The fraction of sp³-hybridized carbons (Fsp3) is 0.250. The lowest BCUT2D eigenvalue weighted by atomic mass is 10.1. The van der Waals surface area contributed by atoms with E-state index < -0.39 is 0 Å². The number of rotatable bonds is 4. The molecule has 0 aliphatic carbocycles. The summed E-state index contributed by atoms with van der Waals surface area (Å²) in [7, 11) is 1.79. The largest absolute Gasteiger partial charge is 0.299 e. The normalized spacial score (nSPS) is 10.5. The molecule has 0 bridgehead atoms. The molecule has 0 saturated heterocycles. The smallest absolute Gasteiger partial charge is 0.144 e. The first kappa shape index (κ1) is 12.0. The fourth-order valence-corrected chi connectivity index (χ4v) is 1.81. The van der Waals surface area contributed by atoms with Crippen LogP contribution in [0, 0.1) is 0 Å².